The second kappa shape index (κ2) is 16.9. The van der Waals surface area contributed by atoms with Crippen molar-refractivity contribution in [3.63, 3.8) is 0 Å². The molecule has 2 unspecified atom stereocenters. The Hall–Kier alpha value is -3.82. The number of nitrogens with one attached hydrogen (secondary N) is 3. The quantitative estimate of drug-likeness (QED) is 0.141. The molecule has 0 fully saturated rings. The minimum absolute atomic E-state index is 0.0456. The molecule has 0 bridgehead atoms. The van der Waals surface area contributed by atoms with E-state index in [0.29, 0.717) is 25.1 Å². The van der Waals surface area contributed by atoms with E-state index in [0.717, 1.165) is 28.5 Å². The van der Waals surface area contributed by atoms with Crippen LogP contribution >= 0.6 is 0 Å². The first-order chi connectivity index (χ1) is 18.6. The Morgan fingerprint density at radius 1 is 1.08 bits per heavy atom. The number of aryl methyl sites for hydroxylation is 1. The van der Waals surface area contributed by atoms with Crippen molar-refractivity contribution in [2.24, 2.45) is 17.1 Å². The lowest BCUT2D eigenvalue weighted by Crippen LogP contribution is -2.31. The number of fused-ring (bicyclic) bond motifs is 1. The molecule has 39 heavy (non-hydrogen) atoms. The first-order valence-electron chi connectivity index (χ1n) is 13.1. The van der Waals surface area contributed by atoms with Gasteiger partial charge in [0.25, 0.3) is 0 Å². The molecule has 3 aromatic rings. The lowest BCUT2D eigenvalue weighted by molar-refractivity contribution is -0.130. The number of hydrogen-bond donors (Lipinski definition) is 5. The molecule has 2 aromatic carbocycles. The molecule has 0 radical (unpaired) electrons. The van der Waals surface area contributed by atoms with Gasteiger partial charge in [-0.2, -0.15) is 0 Å². The summed E-state index contributed by atoms with van der Waals surface area (Å²) >= 11 is 0. The molecule has 3 amide bonds. The molecule has 1 heterocycles. The summed E-state index contributed by atoms with van der Waals surface area (Å²) in [6.45, 7) is 12.6. The average Bonchev–Trinajstić information content (AvgIpc) is 2.93. The van der Waals surface area contributed by atoms with Crippen molar-refractivity contribution in [2.75, 3.05) is 11.9 Å². The van der Waals surface area contributed by atoms with Crippen LogP contribution in [0.3, 0.4) is 0 Å². The minimum atomic E-state index is -0.709. The second-order valence-electron chi connectivity index (χ2n) is 9.97. The highest BCUT2D eigenvalue weighted by molar-refractivity contribution is 6.02. The maximum atomic E-state index is 12.4. The van der Waals surface area contributed by atoms with Crippen LogP contribution in [-0.2, 0) is 14.4 Å². The molecule has 212 valence electrons. The number of pyridine rings is 1. The fraction of sp³-hybridized carbons (Fsp3) is 0.400. The van der Waals surface area contributed by atoms with E-state index in [1.165, 1.54) is 0 Å². The van der Waals surface area contributed by atoms with Crippen molar-refractivity contribution in [2.45, 2.75) is 60.4 Å². The standard InChI is InChI=1S/C18H17N3O.C10H20N2O3.C2H6/c1-12-7-9-13(10-8-12)16(19)18(22)21-15-6-2-4-14-5-3-11-20-17(14)15;1-8(4-9(14)12-15)5-10(2,3)6-11-7-13;1-2/h2-11,16H,19H2,1H3,(H,21,22);7-8,15H,4-6H2,1-3H3,(H,11,13)(H,12,14);1-2H3. The highest BCUT2D eigenvalue weighted by Crippen LogP contribution is 2.26. The van der Waals surface area contributed by atoms with E-state index in [9.17, 15) is 14.4 Å². The Bertz CT molecular complexity index is 1180. The summed E-state index contributed by atoms with van der Waals surface area (Å²) in [5.74, 6) is -0.454. The number of hydroxylamine groups is 1. The van der Waals surface area contributed by atoms with Crippen molar-refractivity contribution >= 4 is 34.8 Å². The summed E-state index contributed by atoms with van der Waals surface area (Å²) in [5, 5.41) is 14.8. The number of nitrogens with two attached hydrogens (primary N) is 1. The number of aromatic nitrogens is 1. The number of carbonyl (C=O) groups excluding carboxylic acids is 3. The number of amides is 3. The normalized spacial score (nSPS) is 12.0. The Balaban J connectivity index is 0.000000394. The summed E-state index contributed by atoms with van der Waals surface area (Å²) in [7, 11) is 0. The summed E-state index contributed by atoms with van der Waals surface area (Å²) in [5.41, 5.74) is 11.0. The van der Waals surface area contributed by atoms with Gasteiger partial charge in [-0.1, -0.05) is 82.6 Å². The number of anilines is 1. The highest BCUT2D eigenvalue weighted by Gasteiger charge is 2.22. The third kappa shape index (κ3) is 11.6. The zero-order valence-electron chi connectivity index (χ0n) is 23.8. The molecule has 0 aliphatic rings. The molecule has 9 heteroatoms. The Kier molecular flexibility index (Phi) is 14.4. The topological polar surface area (TPSA) is 146 Å². The fourth-order valence-electron chi connectivity index (χ4n) is 4.11. The molecular weight excluding hydrogens is 494 g/mol. The van der Waals surface area contributed by atoms with E-state index in [4.69, 9.17) is 10.9 Å². The summed E-state index contributed by atoms with van der Waals surface area (Å²) in [4.78, 5) is 37.7. The number of nitrogens with zero attached hydrogens (tertiary/aromatic N) is 1. The van der Waals surface area contributed by atoms with E-state index in [1.807, 2.05) is 96.1 Å². The lowest BCUT2D eigenvalue weighted by atomic mass is 9.82. The molecule has 9 nitrogen and oxygen atoms in total. The Morgan fingerprint density at radius 2 is 1.72 bits per heavy atom. The van der Waals surface area contributed by atoms with Crippen LogP contribution in [0.15, 0.2) is 60.8 Å². The van der Waals surface area contributed by atoms with Gasteiger partial charge in [-0.3, -0.25) is 24.6 Å². The van der Waals surface area contributed by atoms with Gasteiger partial charge in [-0.15, -0.1) is 0 Å². The van der Waals surface area contributed by atoms with Gasteiger partial charge in [-0.25, -0.2) is 5.48 Å². The molecule has 0 saturated carbocycles. The third-order valence-corrected chi connectivity index (χ3v) is 5.83. The van der Waals surface area contributed by atoms with Crippen LogP contribution in [0, 0.1) is 18.3 Å². The molecule has 0 saturated heterocycles. The summed E-state index contributed by atoms with van der Waals surface area (Å²) < 4.78 is 0. The van der Waals surface area contributed by atoms with Crippen LogP contribution in [0.5, 0.6) is 0 Å². The van der Waals surface area contributed by atoms with E-state index in [2.05, 4.69) is 15.6 Å². The van der Waals surface area contributed by atoms with E-state index in [-0.39, 0.29) is 23.1 Å². The largest absolute Gasteiger partial charge is 0.358 e. The van der Waals surface area contributed by atoms with Crippen LogP contribution in [0.1, 0.15) is 64.6 Å². The first-order valence-corrected chi connectivity index (χ1v) is 13.1. The molecule has 3 rings (SSSR count). The van der Waals surface area contributed by atoms with Crippen molar-refractivity contribution in [3.8, 4) is 0 Å². The van der Waals surface area contributed by atoms with Crippen LogP contribution in [0.25, 0.3) is 10.9 Å². The van der Waals surface area contributed by atoms with Gasteiger partial charge in [0.1, 0.15) is 6.04 Å². The van der Waals surface area contributed by atoms with Crippen LogP contribution in [-0.4, -0.2) is 35.0 Å². The monoisotopic (exact) mass is 537 g/mol. The van der Waals surface area contributed by atoms with Crippen molar-refractivity contribution < 1.29 is 19.6 Å². The van der Waals surface area contributed by atoms with E-state index < -0.39 is 6.04 Å². The first kappa shape index (κ1) is 33.2. The second-order valence-corrected chi connectivity index (χ2v) is 9.97. The average molecular weight is 538 g/mol. The molecular formula is C30H43N5O4. The number of benzene rings is 2. The van der Waals surface area contributed by atoms with Gasteiger partial charge in [0.05, 0.1) is 11.2 Å². The zero-order chi connectivity index (χ0) is 29.4. The van der Waals surface area contributed by atoms with Gasteiger partial charge in [0.2, 0.25) is 18.2 Å². The third-order valence-electron chi connectivity index (χ3n) is 5.83. The Morgan fingerprint density at radius 3 is 2.33 bits per heavy atom. The van der Waals surface area contributed by atoms with Crippen LogP contribution in [0.4, 0.5) is 5.69 Å². The van der Waals surface area contributed by atoms with E-state index in [1.54, 1.807) is 11.7 Å². The van der Waals surface area contributed by atoms with Crippen molar-refractivity contribution in [1.82, 2.24) is 15.8 Å². The number of hydrogen-bond acceptors (Lipinski definition) is 6. The number of rotatable bonds is 10. The lowest BCUT2D eigenvalue weighted by Gasteiger charge is -2.27. The maximum absolute atomic E-state index is 12.4. The minimum Gasteiger partial charge on any atom is -0.358 e. The van der Waals surface area contributed by atoms with E-state index >= 15 is 0 Å². The smallest absolute Gasteiger partial charge is 0.245 e. The van der Waals surface area contributed by atoms with Crippen molar-refractivity contribution in [3.05, 3.63) is 71.9 Å². The fourth-order valence-corrected chi connectivity index (χ4v) is 4.11. The molecule has 6 N–H and O–H groups in total. The SMILES string of the molecule is CC.CC(CC(=O)NO)CC(C)(C)CNC=O.Cc1ccc(C(N)C(=O)Nc2cccc3cccnc23)cc1. The predicted octanol–water partition coefficient (Wildman–Crippen LogP) is 4.89. The van der Waals surface area contributed by atoms with Gasteiger partial charge >= 0.3 is 0 Å². The molecule has 0 aliphatic heterocycles. The predicted molar refractivity (Wildman–Crippen MR) is 156 cm³/mol. The number of carbonyl (C=O) groups is 3. The van der Waals surface area contributed by atoms with Crippen LogP contribution < -0.4 is 21.8 Å². The molecule has 1 aromatic heterocycles. The molecule has 0 aliphatic carbocycles. The Labute approximate surface area is 231 Å². The van der Waals surface area contributed by atoms with Gasteiger partial charge in [0.15, 0.2) is 0 Å². The molecule has 2 atom stereocenters. The van der Waals surface area contributed by atoms with Crippen LogP contribution in [0.2, 0.25) is 0 Å². The summed E-state index contributed by atoms with van der Waals surface area (Å²) in [6, 6.07) is 16.4. The van der Waals surface area contributed by atoms with Gasteiger partial charge < -0.3 is 16.4 Å². The van der Waals surface area contributed by atoms with Gasteiger partial charge in [-0.05, 0) is 42.4 Å². The number of para-hydroxylation sites is 1. The molecule has 0 spiro atoms. The highest BCUT2D eigenvalue weighted by atomic mass is 16.5. The zero-order valence-corrected chi connectivity index (χ0v) is 23.8. The van der Waals surface area contributed by atoms with Gasteiger partial charge in [0, 0.05) is 24.5 Å². The van der Waals surface area contributed by atoms with Crippen molar-refractivity contribution in [1.29, 1.82) is 0 Å². The maximum Gasteiger partial charge on any atom is 0.245 e. The summed E-state index contributed by atoms with van der Waals surface area (Å²) in [6.07, 6.45) is 3.48.